The van der Waals surface area contributed by atoms with E-state index in [9.17, 15) is 9.36 Å². The van der Waals surface area contributed by atoms with Crippen molar-refractivity contribution in [3.8, 4) is 0 Å². The average molecular weight is 400 g/mol. The van der Waals surface area contributed by atoms with Crippen LogP contribution in [0.1, 0.15) is 32.8 Å². The third-order valence-corrected chi connectivity index (χ3v) is 6.37. The van der Waals surface area contributed by atoms with Gasteiger partial charge in [-0.25, -0.2) is 0 Å². The molecule has 1 unspecified atom stereocenters. The second-order valence-electron chi connectivity index (χ2n) is 6.34. The maximum Gasteiger partial charge on any atom is 0.331 e. The molecule has 1 heterocycles. The van der Waals surface area contributed by atoms with E-state index >= 15 is 0 Å². The molecule has 0 spiro atoms. The summed E-state index contributed by atoms with van der Waals surface area (Å²) >= 11 is 0. The average Bonchev–Trinajstić information content (AvgIpc) is 2.96. The van der Waals surface area contributed by atoms with Gasteiger partial charge in [-0.15, -0.1) is 0 Å². The van der Waals surface area contributed by atoms with Crippen LogP contribution in [-0.4, -0.2) is 44.3 Å². The monoisotopic (exact) mass is 400 g/mol. The Labute approximate surface area is 160 Å². The molecule has 1 aromatic rings. The topological polar surface area (TPSA) is 80.3 Å². The van der Waals surface area contributed by atoms with E-state index in [0.29, 0.717) is 32.8 Å². The van der Waals surface area contributed by atoms with Crippen molar-refractivity contribution in [1.82, 2.24) is 0 Å². The van der Waals surface area contributed by atoms with E-state index < -0.39 is 19.9 Å². The Morgan fingerprint density at radius 2 is 1.85 bits per heavy atom. The number of esters is 1. The summed E-state index contributed by atoms with van der Waals surface area (Å²) < 4.78 is 40.5. The highest BCUT2D eigenvalue weighted by Gasteiger charge is 2.42. The Morgan fingerprint density at radius 1 is 1.19 bits per heavy atom. The molecule has 1 fully saturated rings. The van der Waals surface area contributed by atoms with E-state index in [2.05, 4.69) is 0 Å². The molecule has 0 amide bonds. The number of hydrogen-bond acceptors (Lipinski definition) is 7. The van der Waals surface area contributed by atoms with Gasteiger partial charge in [0.15, 0.2) is 0 Å². The van der Waals surface area contributed by atoms with Crippen LogP contribution in [0.4, 0.5) is 0 Å². The van der Waals surface area contributed by atoms with Crippen LogP contribution in [0.15, 0.2) is 30.3 Å². The summed E-state index contributed by atoms with van der Waals surface area (Å²) in [6.45, 7) is 6.23. The number of benzene rings is 1. The van der Waals surface area contributed by atoms with Gasteiger partial charge >= 0.3 is 13.6 Å². The SMILES string of the molecule is CCOP(=O)(C[C@H]1CC(OC(C)=O)O[C@@H]1COCc1ccccc1)OCC. The fourth-order valence-electron chi connectivity index (χ4n) is 3.08. The standard InChI is InChI=1S/C19H29O7P/c1-4-23-27(21,24-5-2)14-17-11-19(25-15(3)20)26-18(17)13-22-12-16-9-7-6-8-10-16/h6-10,17-19H,4-5,11-14H2,1-3H3/t17-,18-,19?/m1/s1. The van der Waals surface area contributed by atoms with Gasteiger partial charge in [-0.2, -0.15) is 0 Å². The molecule has 0 radical (unpaired) electrons. The van der Waals surface area contributed by atoms with E-state index in [1.807, 2.05) is 30.3 Å². The minimum Gasteiger partial charge on any atom is -0.436 e. The largest absolute Gasteiger partial charge is 0.436 e. The molecule has 1 aliphatic heterocycles. The maximum atomic E-state index is 12.9. The Hall–Kier alpha value is -1.24. The summed E-state index contributed by atoms with van der Waals surface area (Å²) in [6, 6.07) is 9.80. The van der Waals surface area contributed by atoms with Crippen LogP contribution in [0.3, 0.4) is 0 Å². The molecule has 0 bridgehead atoms. The molecular formula is C19H29O7P. The lowest BCUT2D eigenvalue weighted by Gasteiger charge is -2.23. The quantitative estimate of drug-likeness (QED) is 0.413. The van der Waals surface area contributed by atoms with Crippen molar-refractivity contribution >= 4 is 13.6 Å². The van der Waals surface area contributed by atoms with E-state index in [1.165, 1.54) is 6.92 Å². The number of ether oxygens (including phenoxy) is 3. The predicted molar refractivity (Wildman–Crippen MR) is 100 cm³/mol. The van der Waals surface area contributed by atoms with Crippen LogP contribution >= 0.6 is 7.60 Å². The lowest BCUT2D eigenvalue weighted by molar-refractivity contribution is -0.176. The minimum absolute atomic E-state index is 0.158. The smallest absolute Gasteiger partial charge is 0.331 e. The van der Waals surface area contributed by atoms with Crippen LogP contribution in [0, 0.1) is 5.92 Å². The molecular weight excluding hydrogens is 371 g/mol. The molecule has 0 aromatic heterocycles. The molecule has 8 heteroatoms. The molecule has 1 aromatic carbocycles. The highest BCUT2D eigenvalue weighted by atomic mass is 31.2. The Morgan fingerprint density at radius 3 is 2.44 bits per heavy atom. The van der Waals surface area contributed by atoms with E-state index in [4.69, 9.17) is 23.3 Å². The van der Waals surface area contributed by atoms with Gasteiger partial charge in [0.25, 0.3) is 0 Å². The van der Waals surface area contributed by atoms with Crippen molar-refractivity contribution < 1.29 is 32.6 Å². The first-order chi connectivity index (χ1) is 13.0. The molecule has 0 aliphatic carbocycles. The maximum absolute atomic E-state index is 12.9. The zero-order valence-corrected chi connectivity index (χ0v) is 17.1. The molecule has 1 aliphatic rings. The van der Waals surface area contributed by atoms with Gasteiger partial charge < -0.3 is 23.3 Å². The number of carbonyl (C=O) groups is 1. The van der Waals surface area contributed by atoms with Crippen molar-refractivity contribution in [3.63, 3.8) is 0 Å². The number of rotatable bonds is 11. The molecule has 0 N–H and O–H groups in total. The van der Waals surface area contributed by atoms with E-state index in [1.54, 1.807) is 13.8 Å². The van der Waals surface area contributed by atoms with Crippen molar-refractivity contribution in [2.24, 2.45) is 5.92 Å². The Bertz CT molecular complexity index is 612. The van der Waals surface area contributed by atoms with E-state index in [0.717, 1.165) is 5.56 Å². The van der Waals surface area contributed by atoms with Gasteiger partial charge in [-0.3, -0.25) is 9.36 Å². The Balaban J connectivity index is 1.98. The Kier molecular flexibility index (Phi) is 8.93. The summed E-state index contributed by atoms with van der Waals surface area (Å²) in [5, 5.41) is 0. The lowest BCUT2D eigenvalue weighted by atomic mass is 10.0. The second kappa shape index (κ2) is 10.9. The molecule has 7 nitrogen and oxygen atoms in total. The molecule has 3 atom stereocenters. The first-order valence-electron chi connectivity index (χ1n) is 9.28. The summed E-state index contributed by atoms with van der Waals surface area (Å²) in [7, 11) is -3.23. The van der Waals surface area contributed by atoms with Crippen molar-refractivity contribution in [2.75, 3.05) is 26.0 Å². The number of hydrogen-bond donors (Lipinski definition) is 0. The molecule has 2 rings (SSSR count). The van der Waals surface area contributed by atoms with Crippen LogP contribution in [0.25, 0.3) is 0 Å². The predicted octanol–water partition coefficient (Wildman–Crippen LogP) is 3.76. The fourth-order valence-corrected chi connectivity index (χ4v) is 5.11. The summed E-state index contributed by atoms with van der Waals surface area (Å²) in [5.74, 6) is -0.573. The van der Waals surface area contributed by atoms with Gasteiger partial charge in [-0.05, 0) is 19.4 Å². The second-order valence-corrected chi connectivity index (χ2v) is 8.44. The molecule has 27 heavy (non-hydrogen) atoms. The van der Waals surface area contributed by atoms with Gasteiger partial charge in [0.1, 0.15) is 0 Å². The number of carbonyl (C=O) groups excluding carboxylic acids is 1. The van der Waals surface area contributed by atoms with E-state index in [-0.39, 0.29) is 18.2 Å². The lowest BCUT2D eigenvalue weighted by Crippen LogP contribution is -2.26. The van der Waals surface area contributed by atoms with Crippen molar-refractivity contribution in [1.29, 1.82) is 0 Å². The van der Waals surface area contributed by atoms with Crippen LogP contribution in [0.5, 0.6) is 0 Å². The zero-order chi connectivity index (χ0) is 19.7. The van der Waals surface area contributed by atoms with Gasteiger partial charge in [-0.1, -0.05) is 30.3 Å². The van der Waals surface area contributed by atoms with Crippen molar-refractivity contribution in [2.45, 2.75) is 46.2 Å². The summed E-state index contributed by atoms with van der Waals surface area (Å²) in [4.78, 5) is 11.3. The van der Waals surface area contributed by atoms with Gasteiger partial charge in [0.2, 0.25) is 6.29 Å². The highest BCUT2D eigenvalue weighted by molar-refractivity contribution is 7.53. The first-order valence-corrected chi connectivity index (χ1v) is 11.0. The van der Waals surface area contributed by atoms with Crippen LogP contribution < -0.4 is 0 Å². The van der Waals surface area contributed by atoms with Crippen LogP contribution in [-0.2, 0) is 39.2 Å². The van der Waals surface area contributed by atoms with Gasteiger partial charge in [0.05, 0.1) is 38.7 Å². The third kappa shape index (κ3) is 7.35. The van der Waals surface area contributed by atoms with Crippen molar-refractivity contribution in [3.05, 3.63) is 35.9 Å². The molecule has 1 saturated heterocycles. The minimum atomic E-state index is -3.23. The first kappa shape index (κ1) is 22.1. The normalized spacial score (nSPS) is 22.7. The van der Waals surface area contributed by atoms with Crippen LogP contribution in [0.2, 0.25) is 0 Å². The molecule has 152 valence electrons. The highest BCUT2D eigenvalue weighted by Crippen LogP contribution is 2.52. The fraction of sp³-hybridized carbons (Fsp3) is 0.632. The third-order valence-electron chi connectivity index (χ3n) is 4.15. The summed E-state index contributed by atoms with van der Waals surface area (Å²) in [5.41, 5.74) is 1.05. The summed E-state index contributed by atoms with van der Waals surface area (Å²) in [6.07, 6.45) is -0.392. The zero-order valence-electron chi connectivity index (χ0n) is 16.2. The van der Waals surface area contributed by atoms with Gasteiger partial charge in [0, 0.05) is 19.3 Å². The molecule has 0 saturated carbocycles.